The van der Waals surface area contributed by atoms with Crippen LogP contribution in [0.15, 0.2) is 65.7 Å². The third-order valence-electron chi connectivity index (χ3n) is 4.34. The first-order chi connectivity index (χ1) is 15.1. The van der Waals surface area contributed by atoms with Crippen molar-refractivity contribution < 1.29 is 22.7 Å². The lowest BCUT2D eigenvalue weighted by molar-refractivity contribution is -0.119. The van der Waals surface area contributed by atoms with E-state index < -0.39 is 28.5 Å². The van der Waals surface area contributed by atoms with Gasteiger partial charge in [-0.05, 0) is 61.4 Å². The number of halogens is 1. The highest BCUT2D eigenvalue weighted by Gasteiger charge is 2.20. The molecule has 0 aliphatic heterocycles. The van der Waals surface area contributed by atoms with E-state index in [9.17, 15) is 18.0 Å². The number of aromatic nitrogens is 1. The van der Waals surface area contributed by atoms with Crippen molar-refractivity contribution in [3.63, 3.8) is 0 Å². The van der Waals surface area contributed by atoms with Gasteiger partial charge in [-0.2, -0.15) is 0 Å². The quantitative estimate of drug-likeness (QED) is 0.502. The highest BCUT2D eigenvalue weighted by molar-refractivity contribution is 7.92. The topological polar surface area (TPSA) is 114 Å². The van der Waals surface area contributed by atoms with E-state index in [2.05, 4.69) is 15.0 Å². The number of hydrogen-bond acceptors (Lipinski definition) is 6. The van der Waals surface area contributed by atoms with Gasteiger partial charge in [0.05, 0.1) is 15.5 Å². The number of benzene rings is 2. The molecule has 10 heteroatoms. The van der Waals surface area contributed by atoms with Gasteiger partial charge in [0, 0.05) is 11.9 Å². The molecule has 0 fully saturated rings. The molecule has 2 aromatic carbocycles. The Morgan fingerprint density at radius 2 is 1.84 bits per heavy atom. The van der Waals surface area contributed by atoms with Crippen LogP contribution in [0.25, 0.3) is 0 Å². The van der Waals surface area contributed by atoms with E-state index >= 15 is 0 Å². The molecule has 8 nitrogen and oxygen atoms in total. The maximum absolute atomic E-state index is 12.7. The molecular formula is C22H20ClN3O5S. The van der Waals surface area contributed by atoms with Gasteiger partial charge in [-0.15, -0.1) is 0 Å². The normalized spacial score (nSPS) is 11.0. The molecule has 0 unspecified atom stereocenters. The zero-order valence-electron chi connectivity index (χ0n) is 17.3. The fourth-order valence-corrected chi connectivity index (χ4v) is 3.94. The van der Waals surface area contributed by atoms with E-state index in [1.807, 2.05) is 13.0 Å². The van der Waals surface area contributed by atoms with Crippen LogP contribution in [0, 0.1) is 13.8 Å². The van der Waals surface area contributed by atoms with Gasteiger partial charge in [-0.3, -0.25) is 9.52 Å². The van der Waals surface area contributed by atoms with Crippen molar-refractivity contribution in [1.82, 2.24) is 4.98 Å². The average molecular weight is 474 g/mol. The lowest BCUT2D eigenvalue weighted by atomic mass is 10.1. The van der Waals surface area contributed by atoms with Crippen molar-refractivity contribution in [2.24, 2.45) is 0 Å². The maximum Gasteiger partial charge on any atom is 0.338 e. The molecule has 1 amide bonds. The van der Waals surface area contributed by atoms with Crippen molar-refractivity contribution in [1.29, 1.82) is 0 Å². The lowest BCUT2D eigenvalue weighted by Crippen LogP contribution is -2.22. The van der Waals surface area contributed by atoms with Crippen LogP contribution in [0.2, 0.25) is 5.02 Å². The molecule has 0 bridgehead atoms. The Labute approximate surface area is 190 Å². The van der Waals surface area contributed by atoms with E-state index in [0.717, 1.165) is 5.56 Å². The van der Waals surface area contributed by atoms with E-state index in [1.165, 1.54) is 30.5 Å². The number of rotatable bonds is 7. The summed E-state index contributed by atoms with van der Waals surface area (Å²) in [6, 6.07) is 14.1. The van der Waals surface area contributed by atoms with Gasteiger partial charge in [0.15, 0.2) is 6.61 Å². The maximum atomic E-state index is 12.7. The Balaban J connectivity index is 1.69. The molecule has 0 atom stereocenters. The highest BCUT2D eigenvalue weighted by Crippen LogP contribution is 2.20. The van der Waals surface area contributed by atoms with E-state index in [1.54, 1.807) is 31.2 Å². The second kappa shape index (κ2) is 9.80. The molecule has 0 radical (unpaired) electrons. The Morgan fingerprint density at radius 1 is 1.06 bits per heavy atom. The SMILES string of the molecule is Cc1cccc(NS(=O)(=O)c2ccc(C)c(C(=O)OCC(=O)Nc3ccc(Cl)cn3)c2)c1. The molecule has 1 aromatic heterocycles. The van der Waals surface area contributed by atoms with Crippen molar-refractivity contribution in [3.05, 3.63) is 82.5 Å². The summed E-state index contributed by atoms with van der Waals surface area (Å²) in [5.41, 5.74) is 1.84. The Kier molecular flexibility index (Phi) is 7.12. The van der Waals surface area contributed by atoms with Gasteiger partial charge in [-0.25, -0.2) is 18.2 Å². The number of sulfonamides is 1. The fraction of sp³-hybridized carbons (Fsp3) is 0.136. The van der Waals surface area contributed by atoms with Crippen molar-refractivity contribution in [2.75, 3.05) is 16.6 Å². The Morgan fingerprint density at radius 3 is 2.53 bits per heavy atom. The van der Waals surface area contributed by atoms with Gasteiger partial charge in [0.25, 0.3) is 15.9 Å². The lowest BCUT2D eigenvalue weighted by Gasteiger charge is -2.12. The van der Waals surface area contributed by atoms with Gasteiger partial charge in [0.1, 0.15) is 5.82 Å². The minimum Gasteiger partial charge on any atom is -0.452 e. The minimum absolute atomic E-state index is 0.0366. The molecular weight excluding hydrogens is 454 g/mol. The molecule has 2 N–H and O–H groups in total. The second-order valence-electron chi connectivity index (χ2n) is 6.94. The van der Waals surface area contributed by atoms with Crippen LogP contribution < -0.4 is 10.0 Å². The number of hydrogen-bond donors (Lipinski definition) is 2. The number of pyridine rings is 1. The number of ether oxygens (including phenoxy) is 1. The molecule has 32 heavy (non-hydrogen) atoms. The molecule has 166 valence electrons. The molecule has 1 heterocycles. The predicted molar refractivity (Wildman–Crippen MR) is 121 cm³/mol. The molecule has 0 aliphatic rings. The number of carbonyl (C=O) groups is 2. The first-order valence-corrected chi connectivity index (χ1v) is 11.3. The number of carbonyl (C=O) groups excluding carboxylic acids is 2. The van der Waals surface area contributed by atoms with Crippen molar-refractivity contribution in [2.45, 2.75) is 18.7 Å². The van der Waals surface area contributed by atoms with Gasteiger partial charge in [0.2, 0.25) is 0 Å². The van der Waals surface area contributed by atoms with E-state index in [4.69, 9.17) is 16.3 Å². The van der Waals surface area contributed by atoms with E-state index in [-0.39, 0.29) is 16.3 Å². The van der Waals surface area contributed by atoms with Crippen LogP contribution >= 0.6 is 11.6 Å². The summed E-state index contributed by atoms with van der Waals surface area (Å²) in [4.78, 5) is 28.3. The monoisotopic (exact) mass is 473 g/mol. The molecule has 3 aromatic rings. The third kappa shape index (κ3) is 6.05. The minimum atomic E-state index is -3.93. The number of amides is 1. The Hall–Kier alpha value is -3.43. The zero-order valence-corrected chi connectivity index (χ0v) is 18.8. The molecule has 0 aliphatic carbocycles. The first-order valence-electron chi connectivity index (χ1n) is 9.43. The second-order valence-corrected chi connectivity index (χ2v) is 9.06. The number of nitrogens with one attached hydrogen (secondary N) is 2. The first kappa shape index (κ1) is 23.2. The third-order valence-corrected chi connectivity index (χ3v) is 5.94. The van der Waals surface area contributed by atoms with Gasteiger partial charge in [-0.1, -0.05) is 29.8 Å². The predicted octanol–water partition coefficient (Wildman–Crippen LogP) is 3.95. The Bertz CT molecular complexity index is 1260. The molecule has 0 saturated heterocycles. The van der Waals surface area contributed by atoms with Crippen molar-refractivity contribution in [3.8, 4) is 0 Å². The van der Waals surface area contributed by atoms with Gasteiger partial charge < -0.3 is 10.1 Å². The average Bonchev–Trinajstić information content (AvgIpc) is 2.73. The van der Waals surface area contributed by atoms with Gasteiger partial charge >= 0.3 is 5.97 Å². The number of anilines is 2. The summed E-state index contributed by atoms with van der Waals surface area (Å²) in [6.45, 7) is 2.91. The van der Waals surface area contributed by atoms with Crippen LogP contribution in [0.3, 0.4) is 0 Å². The van der Waals surface area contributed by atoms with Crippen molar-refractivity contribution >= 4 is 45.0 Å². The standard InChI is InChI=1S/C22H20ClN3O5S/c1-14-4-3-5-17(10-14)26-32(29,30)18-8-6-15(2)19(11-18)22(28)31-13-21(27)25-20-9-7-16(23)12-24-20/h3-12,26H,13H2,1-2H3,(H,24,25,27). The summed E-state index contributed by atoms with van der Waals surface area (Å²) in [6.07, 6.45) is 1.36. The fourth-order valence-electron chi connectivity index (χ4n) is 2.75. The zero-order chi connectivity index (χ0) is 23.3. The van der Waals surface area contributed by atoms with Crippen LogP contribution in [0.1, 0.15) is 21.5 Å². The van der Waals surface area contributed by atoms with Crippen LogP contribution in [-0.4, -0.2) is 31.9 Å². The highest BCUT2D eigenvalue weighted by atomic mass is 35.5. The molecule has 3 rings (SSSR count). The summed E-state index contributed by atoms with van der Waals surface area (Å²) < 4.78 is 33.0. The summed E-state index contributed by atoms with van der Waals surface area (Å²) in [5, 5.41) is 2.88. The largest absolute Gasteiger partial charge is 0.452 e. The van der Waals surface area contributed by atoms with Crippen LogP contribution in [0.5, 0.6) is 0 Å². The molecule has 0 spiro atoms. The number of aryl methyl sites for hydroxylation is 2. The van der Waals surface area contributed by atoms with Crippen LogP contribution in [-0.2, 0) is 19.6 Å². The van der Waals surface area contributed by atoms with E-state index in [0.29, 0.717) is 16.3 Å². The summed E-state index contributed by atoms with van der Waals surface area (Å²) in [5.74, 6) is -1.17. The number of esters is 1. The van der Waals surface area contributed by atoms with Crippen LogP contribution in [0.4, 0.5) is 11.5 Å². The summed E-state index contributed by atoms with van der Waals surface area (Å²) >= 11 is 5.74. The summed E-state index contributed by atoms with van der Waals surface area (Å²) in [7, 11) is -3.93. The number of nitrogens with zero attached hydrogens (tertiary/aromatic N) is 1. The molecule has 0 saturated carbocycles. The smallest absolute Gasteiger partial charge is 0.338 e.